The number of carboxylic acids is 1. The van der Waals surface area contributed by atoms with Crippen molar-refractivity contribution in [3.05, 3.63) is 60.2 Å². The van der Waals surface area contributed by atoms with Crippen molar-refractivity contribution in [2.45, 2.75) is 103 Å². The maximum Gasteiger partial charge on any atom is 0.412 e. The number of carboxylic acid groups (broad SMARTS) is 1. The Morgan fingerprint density at radius 1 is 0.846 bits per heavy atom. The van der Waals surface area contributed by atoms with E-state index >= 15 is 0 Å². The van der Waals surface area contributed by atoms with Crippen LogP contribution in [0.2, 0.25) is 0 Å². The molecule has 0 spiro atoms. The standard InChI is InChI=1S/C24H39N3O2.C8H8O2/c1-24(2,3)29-23(28)26-22-14-10-9-13-21(22)25-19-15-17-27(18-16-19)20-11-7-5-4-6-8-12-20;9-8(10)6-7-4-2-1-3-5-7/h9-10,13-14,19-20,25H,4-8,11-12,15-18H2,1-3H3,(H,26,28);1-5H,6H2,(H,9,10). The summed E-state index contributed by atoms with van der Waals surface area (Å²) in [6.07, 6.45) is 11.8. The van der Waals surface area contributed by atoms with Gasteiger partial charge in [-0.3, -0.25) is 10.1 Å². The number of aliphatic carboxylic acids is 1. The normalized spacial score (nSPS) is 17.6. The number of hydrogen-bond donors (Lipinski definition) is 3. The topological polar surface area (TPSA) is 90.9 Å². The van der Waals surface area contributed by atoms with Crippen molar-refractivity contribution in [2.24, 2.45) is 0 Å². The third-order valence-corrected chi connectivity index (χ3v) is 7.24. The number of likely N-dealkylation sites (tertiary alicyclic amines) is 1. The first-order valence-electron chi connectivity index (χ1n) is 14.5. The number of carbonyl (C=O) groups excluding carboxylic acids is 1. The molecule has 1 saturated carbocycles. The smallest absolute Gasteiger partial charge is 0.412 e. The molecule has 7 nitrogen and oxygen atoms in total. The van der Waals surface area contributed by atoms with Crippen LogP contribution in [0, 0.1) is 0 Å². The van der Waals surface area contributed by atoms with Gasteiger partial charge in [-0.2, -0.15) is 0 Å². The maximum atomic E-state index is 12.2. The molecule has 0 aromatic heterocycles. The number of para-hydroxylation sites is 2. The van der Waals surface area contributed by atoms with E-state index in [2.05, 4.69) is 15.5 Å². The summed E-state index contributed by atoms with van der Waals surface area (Å²) in [7, 11) is 0. The van der Waals surface area contributed by atoms with E-state index in [-0.39, 0.29) is 6.42 Å². The van der Waals surface area contributed by atoms with Crippen LogP contribution in [0.5, 0.6) is 0 Å². The predicted molar refractivity (Wildman–Crippen MR) is 158 cm³/mol. The molecule has 0 radical (unpaired) electrons. The molecule has 1 amide bonds. The van der Waals surface area contributed by atoms with Crippen LogP contribution >= 0.6 is 0 Å². The number of rotatable bonds is 6. The second-order valence-electron chi connectivity index (χ2n) is 11.7. The lowest BCUT2D eigenvalue weighted by Gasteiger charge is -2.39. The van der Waals surface area contributed by atoms with Gasteiger partial charge in [0, 0.05) is 25.2 Å². The van der Waals surface area contributed by atoms with Crippen LogP contribution in [0.3, 0.4) is 0 Å². The third-order valence-electron chi connectivity index (χ3n) is 7.24. The van der Waals surface area contributed by atoms with Gasteiger partial charge in [-0.05, 0) is 64.2 Å². The number of hydrogen-bond acceptors (Lipinski definition) is 5. The molecule has 39 heavy (non-hydrogen) atoms. The Labute approximate surface area is 234 Å². The molecule has 2 aromatic rings. The Hall–Kier alpha value is -3.06. The van der Waals surface area contributed by atoms with Gasteiger partial charge < -0.3 is 20.1 Å². The summed E-state index contributed by atoms with van der Waals surface area (Å²) < 4.78 is 5.40. The van der Waals surface area contributed by atoms with E-state index in [1.807, 2.05) is 63.2 Å². The first-order valence-corrected chi connectivity index (χ1v) is 14.5. The van der Waals surface area contributed by atoms with Gasteiger partial charge in [-0.15, -0.1) is 0 Å². The monoisotopic (exact) mass is 537 g/mol. The van der Waals surface area contributed by atoms with Gasteiger partial charge in [0.25, 0.3) is 0 Å². The fraction of sp³-hybridized carbons (Fsp3) is 0.562. The number of piperidine rings is 1. The Morgan fingerprint density at radius 2 is 1.41 bits per heavy atom. The second-order valence-corrected chi connectivity index (χ2v) is 11.7. The molecular weight excluding hydrogens is 490 g/mol. The Kier molecular flexibility index (Phi) is 12.1. The largest absolute Gasteiger partial charge is 0.481 e. The van der Waals surface area contributed by atoms with Crippen LogP contribution in [0.1, 0.15) is 84.1 Å². The Bertz CT molecular complexity index is 1010. The van der Waals surface area contributed by atoms with E-state index in [0.29, 0.717) is 6.04 Å². The maximum absolute atomic E-state index is 12.2. The van der Waals surface area contributed by atoms with E-state index in [1.54, 1.807) is 12.1 Å². The van der Waals surface area contributed by atoms with Crippen molar-refractivity contribution in [3.63, 3.8) is 0 Å². The molecule has 3 N–H and O–H groups in total. The van der Waals surface area contributed by atoms with Crippen molar-refractivity contribution >= 4 is 23.4 Å². The molecule has 7 heteroatoms. The molecule has 2 fully saturated rings. The summed E-state index contributed by atoms with van der Waals surface area (Å²) in [6, 6.07) is 18.3. The fourth-order valence-electron chi connectivity index (χ4n) is 5.33. The first kappa shape index (κ1) is 30.5. The summed E-state index contributed by atoms with van der Waals surface area (Å²) in [6.45, 7) is 7.97. The molecule has 1 heterocycles. The van der Waals surface area contributed by atoms with Crippen LogP contribution in [-0.2, 0) is 16.0 Å². The van der Waals surface area contributed by atoms with Crippen LogP contribution in [0.15, 0.2) is 54.6 Å². The molecule has 2 aliphatic rings. The van der Waals surface area contributed by atoms with Crippen molar-refractivity contribution in [3.8, 4) is 0 Å². The Balaban J connectivity index is 0.000000353. The second kappa shape index (κ2) is 15.5. The summed E-state index contributed by atoms with van der Waals surface area (Å²) in [5.41, 5.74) is 2.10. The Morgan fingerprint density at radius 3 is 2.00 bits per heavy atom. The minimum Gasteiger partial charge on any atom is -0.481 e. The molecule has 2 aromatic carbocycles. The van der Waals surface area contributed by atoms with E-state index < -0.39 is 17.7 Å². The van der Waals surface area contributed by atoms with E-state index in [0.717, 1.165) is 35.8 Å². The van der Waals surface area contributed by atoms with Crippen molar-refractivity contribution < 1.29 is 19.4 Å². The predicted octanol–water partition coefficient (Wildman–Crippen LogP) is 7.34. The third kappa shape index (κ3) is 11.7. The lowest BCUT2D eigenvalue weighted by atomic mass is 9.93. The van der Waals surface area contributed by atoms with Crippen LogP contribution < -0.4 is 10.6 Å². The van der Waals surface area contributed by atoms with Crippen LogP contribution in [-0.4, -0.2) is 52.8 Å². The molecule has 1 saturated heterocycles. The number of ether oxygens (including phenoxy) is 1. The van der Waals surface area contributed by atoms with Crippen LogP contribution in [0.25, 0.3) is 0 Å². The van der Waals surface area contributed by atoms with Gasteiger partial charge in [-0.25, -0.2) is 4.79 Å². The van der Waals surface area contributed by atoms with Crippen LogP contribution in [0.4, 0.5) is 16.2 Å². The van der Waals surface area contributed by atoms with Crippen molar-refractivity contribution in [1.29, 1.82) is 0 Å². The fourth-order valence-corrected chi connectivity index (χ4v) is 5.33. The highest BCUT2D eigenvalue weighted by atomic mass is 16.6. The average Bonchev–Trinajstić information content (AvgIpc) is 2.85. The van der Waals surface area contributed by atoms with E-state index in [1.165, 1.54) is 58.0 Å². The highest BCUT2D eigenvalue weighted by molar-refractivity contribution is 5.89. The molecular formula is C32H47N3O4. The first-order chi connectivity index (χ1) is 18.7. The lowest BCUT2D eigenvalue weighted by Crippen LogP contribution is -2.44. The lowest BCUT2D eigenvalue weighted by molar-refractivity contribution is -0.136. The average molecular weight is 538 g/mol. The number of anilines is 2. The van der Waals surface area contributed by atoms with Gasteiger partial charge >= 0.3 is 12.1 Å². The number of benzene rings is 2. The molecule has 214 valence electrons. The molecule has 0 bridgehead atoms. The quantitative estimate of drug-likeness (QED) is 0.357. The van der Waals surface area contributed by atoms with E-state index in [9.17, 15) is 9.59 Å². The minimum absolute atomic E-state index is 0.112. The zero-order chi connectivity index (χ0) is 28.1. The molecule has 1 aliphatic carbocycles. The molecule has 4 rings (SSSR count). The molecule has 0 unspecified atom stereocenters. The van der Waals surface area contributed by atoms with Gasteiger partial charge in [0.15, 0.2) is 0 Å². The summed E-state index contributed by atoms with van der Waals surface area (Å²) in [5.74, 6) is -0.786. The number of carbonyl (C=O) groups is 2. The zero-order valence-electron chi connectivity index (χ0n) is 24.0. The van der Waals surface area contributed by atoms with Gasteiger partial charge in [-0.1, -0.05) is 74.6 Å². The SMILES string of the molecule is CC(C)(C)OC(=O)Nc1ccccc1NC1CCN(C2CCCCCCC2)CC1.O=C(O)Cc1ccccc1. The molecule has 0 atom stereocenters. The van der Waals surface area contributed by atoms with Crippen molar-refractivity contribution in [1.82, 2.24) is 4.90 Å². The summed E-state index contributed by atoms with van der Waals surface area (Å²) in [4.78, 5) is 25.1. The number of nitrogens with zero attached hydrogens (tertiary/aromatic N) is 1. The van der Waals surface area contributed by atoms with Crippen molar-refractivity contribution in [2.75, 3.05) is 23.7 Å². The number of amides is 1. The molecule has 1 aliphatic heterocycles. The highest BCUT2D eigenvalue weighted by Crippen LogP contribution is 2.28. The zero-order valence-corrected chi connectivity index (χ0v) is 24.0. The number of nitrogens with one attached hydrogen (secondary N) is 2. The van der Waals surface area contributed by atoms with Gasteiger partial charge in [0.05, 0.1) is 17.8 Å². The van der Waals surface area contributed by atoms with Gasteiger partial charge in [0.2, 0.25) is 0 Å². The summed E-state index contributed by atoms with van der Waals surface area (Å²) in [5, 5.41) is 14.9. The van der Waals surface area contributed by atoms with Gasteiger partial charge in [0.1, 0.15) is 5.60 Å². The van der Waals surface area contributed by atoms with E-state index in [4.69, 9.17) is 9.84 Å². The summed E-state index contributed by atoms with van der Waals surface area (Å²) >= 11 is 0. The highest BCUT2D eigenvalue weighted by Gasteiger charge is 2.26. The minimum atomic E-state index is -0.786.